The predicted octanol–water partition coefficient (Wildman–Crippen LogP) is 2.27. The maximum absolute atomic E-state index is 11.5. The van der Waals surface area contributed by atoms with Crippen LogP contribution in [0.4, 0.5) is 10.5 Å². The van der Waals surface area contributed by atoms with Crippen molar-refractivity contribution in [2.24, 2.45) is 0 Å². The smallest absolute Gasteiger partial charge is 0.414 e. The van der Waals surface area contributed by atoms with Gasteiger partial charge in [0.25, 0.3) is 0 Å². The monoisotopic (exact) mass is 460 g/mol. The fourth-order valence-electron chi connectivity index (χ4n) is 1.71. The maximum atomic E-state index is 11.5. The zero-order valence-electron chi connectivity index (χ0n) is 10.1. The summed E-state index contributed by atoms with van der Waals surface area (Å²) in [5, 5.41) is 0. The number of carbonyl (C=O) groups is 2. The van der Waals surface area contributed by atoms with Gasteiger partial charge >= 0.3 is 6.09 Å². The van der Waals surface area contributed by atoms with Crippen LogP contribution in [-0.2, 0) is 4.74 Å². The van der Waals surface area contributed by atoms with Gasteiger partial charge in [0.05, 0.1) is 6.54 Å². The molecule has 6 heteroatoms. The van der Waals surface area contributed by atoms with Gasteiger partial charge in [0.1, 0.15) is 6.10 Å². The van der Waals surface area contributed by atoms with Crippen LogP contribution in [0.3, 0.4) is 0 Å². The number of carbonyl (C=O) groups excluding carboxylic acids is 2. The summed E-state index contributed by atoms with van der Waals surface area (Å²) in [6, 6.07) is 6.78. The first-order chi connectivity index (χ1) is 8.11. The summed E-state index contributed by atoms with van der Waals surface area (Å²) in [6.07, 6.45) is -0.798. The molecule has 0 bridgehead atoms. The van der Waals surface area contributed by atoms with Gasteiger partial charge in [-0.15, -0.1) is 6.54 Å². The fraction of sp³-hybridized carbons (Fsp3) is 0.333. The molecule has 1 fully saturated rings. The molecule has 1 atom stereocenters. The number of nitrogens with one attached hydrogen (secondary N) is 1. The third kappa shape index (κ3) is 3.31. The average molecular weight is 460 g/mol. The number of hydrogen-bond acceptors (Lipinski definition) is 3. The Hall–Kier alpha value is -0.438. The van der Waals surface area contributed by atoms with E-state index in [1.165, 1.54) is 11.8 Å². The fourth-order valence-corrected chi connectivity index (χ4v) is 1.71. The molecule has 93 valence electrons. The van der Waals surface area contributed by atoms with Crippen LogP contribution < -0.4 is 4.90 Å². The van der Waals surface area contributed by atoms with Crippen LogP contribution in [0.1, 0.15) is 17.3 Å². The van der Waals surface area contributed by atoms with Gasteiger partial charge in [0, 0.05) is 55.3 Å². The molecule has 1 aromatic rings. The van der Waals surface area contributed by atoms with Crippen molar-refractivity contribution in [2.45, 2.75) is 13.0 Å². The Morgan fingerprint density at radius 2 is 2.06 bits per heavy atom. The molecule has 0 spiro atoms. The SMILES string of the molecule is CC(=O)c1ccc(N2C[C@H](C[NH-])OC2=O)cc1.[Ac]. The third-order valence-corrected chi connectivity index (χ3v) is 2.69. The molecule has 1 saturated heterocycles. The summed E-state index contributed by atoms with van der Waals surface area (Å²) in [5.74, 6) is -0.00965. The average Bonchev–Trinajstić information content (AvgIpc) is 2.71. The number of rotatable bonds is 3. The van der Waals surface area contributed by atoms with Gasteiger partial charge in [-0.25, -0.2) is 4.79 Å². The minimum absolute atomic E-state index is 0. The first kappa shape index (κ1) is 15.6. The van der Waals surface area contributed by atoms with E-state index in [9.17, 15) is 9.59 Å². The molecule has 5 nitrogen and oxygen atoms in total. The molecule has 1 radical (unpaired) electrons. The van der Waals surface area contributed by atoms with Crippen LogP contribution in [0.5, 0.6) is 0 Å². The summed E-state index contributed by atoms with van der Waals surface area (Å²) < 4.78 is 4.99. The Kier molecular flexibility index (Phi) is 5.77. The second-order valence-electron chi connectivity index (χ2n) is 3.92. The van der Waals surface area contributed by atoms with E-state index in [1.807, 2.05) is 0 Å². The minimum atomic E-state index is -0.433. The number of nitrogens with zero attached hydrogens (tertiary/aromatic N) is 1. The molecule has 1 N–H and O–H groups in total. The zero-order chi connectivity index (χ0) is 12.4. The van der Waals surface area contributed by atoms with Gasteiger partial charge in [-0.3, -0.25) is 9.69 Å². The van der Waals surface area contributed by atoms with E-state index in [-0.39, 0.29) is 62.5 Å². The number of cyclic esters (lactones) is 1. The summed E-state index contributed by atoms with van der Waals surface area (Å²) in [4.78, 5) is 24.1. The van der Waals surface area contributed by atoms with Crippen molar-refractivity contribution >= 4 is 17.6 Å². The molecule has 18 heavy (non-hydrogen) atoms. The van der Waals surface area contributed by atoms with Crippen molar-refractivity contribution in [3.63, 3.8) is 0 Å². The van der Waals surface area contributed by atoms with Gasteiger partial charge in [0.15, 0.2) is 5.78 Å². The second-order valence-corrected chi connectivity index (χ2v) is 3.92. The largest absolute Gasteiger partial charge is 0.674 e. The molecule has 1 aliphatic heterocycles. The molecule has 0 aliphatic carbocycles. The van der Waals surface area contributed by atoms with Gasteiger partial charge < -0.3 is 10.5 Å². The Balaban J connectivity index is 0.00000162. The van der Waals surface area contributed by atoms with Gasteiger partial charge in [0.2, 0.25) is 0 Å². The van der Waals surface area contributed by atoms with Crippen molar-refractivity contribution in [3.8, 4) is 0 Å². The van der Waals surface area contributed by atoms with E-state index >= 15 is 0 Å². The quantitative estimate of drug-likeness (QED) is 0.651. The van der Waals surface area contributed by atoms with Crippen LogP contribution in [0.25, 0.3) is 5.73 Å². The molecule has 0 saturated carbocycles. The van der Waals surface area contributed by atoms with Crippen LogP contribution >= 0.6 is 0 Å². The van der Waals surface area contributed by atoms with Crippen LogP contribution in [0, 0.1) is 44.1 Å². The van der Waals surface area contributed by atoms with Crippen LogP contribution in [0.2, 0.25) is 0 Å². The van der Waals surface area contributed by atoms with E-state index < -0.39 is 6.09 Å². The van der Waals surface area contributed by atoms with Crippen molar-refractivity contribution in [1.29, 1.82) is 0 Å². The summed E-state index contributed by atoms with van der Waals surface area (Å²) in [5.41, 5.74) is 8.48. The third-order valence-electron chi connectivity index (χ3n) is 2.69. The Labute approximate surface area is 141 Å². The van der Waals surface area contributed by atoms with E-state index in [0.717, 1.165) is 0 Å². The molecule has 1 aliphatic rings. The minimum Gasteiger partial charge on any atom is -0.674 e. The second kappa shape index (κ2) is 6.65. The first-order valence-corrected chi connectivity index (χ1v) is 5.35. The predicted molar refractivity (Wildman–Crippen MR) is 63.3 cm³/mol. The standard InChI is InChI=1S/C12H13N2O3.Ac/c1-8(15)9-2-4-10(5-3-9)14-7-11(6-13)17-12(14)16;/h2-5,11,13H,6-7H2,1H3;/q-1;/t11-;/m0./s1. The normalized spacial score (nSPS) is 18.2. The van der Waals surface area contributed by atoms with E-state index in [4.69, 9.17) is 10.5 Å². The van der Waals surface area contributed by atoms with Gasteiger partial charge in [-0.1, -0.05) is 0 Å². The first-order valence-electron chi connectivity index (χ1n) is 5.35. The topological polar surface area (TPSA) is 70.4 Å². The number of ketones is 1. The van der Waals surface area contributed by atoms with Gasteiger partial charge in [-0.2, -0.15) is 0 Å². The van der Waals surface area contributed by atoms with Crippen molar-refractivity contribution in [3.05, 3.63) is 35.6 Å². The zero-order valence-corrected chi connectivity index (χ0v) is 14.8. The molecule has 2 rings (SSSR count). The molecule has 0 aromatic heterocycles. The number of hydrogen-bond donors (Lipinski definition) is 0. The Morgan fingerprint density at radius 1 is 1.44 bits per heavy atom. The van der Waals surface area contributed by atoms with E-state index in [1.54, 1.807) is 24.3 Å². The molecule has 1 amide bonds. The molecular weight excluding hydrogens is 447 g/mol. The van der Waals surface area contributed by atoms with Crippen LogP contribution in [-0.4, -0.2) is 31.1 Å². The van der Waals surface area contributed by atoms with Gasteiger partial charge in [-0.05, 0) is 31.2 Å². The van der Waals surface area contributed by atoms with Crippen molar-refractivity contribution < 1.29 is 58.4 Å². The molecule has 1 heterocycles. The summed E-state index contributed by atoms with van der Waals surface area (Å²) in [7, 11) is 0. The molecule has 0 unspecified atom stereocenters. The van der Waals surface area contributed by atoms with E-state index in [0.29, 0.717) is 17.8 Å². The molecule has 1 aromatic carbocycles. The Morgan fingerprint density at radius 3 is 2.50 bits per heavy atom. The summed E-state index contributed by atoms with van der Waals surface area (Å²) >= 11 is 0. The Bertz CT molecular complexity index is 447. The number of anilines is 1. The number of amides is 1. The number of Topliss-reactive ketones (excluding diaryl/α,β-unsaturated/α-hetero) is 1. The molecular formula is C12H13AcN2O3-. The van der Waals surface area contributed by atoms with Crippen LogP contribution in [0.15, 0.2) is 24.3 Å². The number of benzene rings is 1. The maximum Gasteiger partial charge on any atom is 0.414 e. The van der Waals surface area contributed by atoms with Crippen molar-refractivity contribution in [1.82, 2.24) is 0 Å². The number of ether oxygens (including phenoxy) is 1. The summed E-state index contributed by atoms with van der Waals surface area (Å²) in [6.45, 7) is 1.95. The van der Waals surface area contributed by atoms with Crippen molar-refractivity contribution in [2.75, 3.05) is 18.0 Å². The van der Waals surface area contributed by atoms with E-state index in [2.05, 4.69) is 0 Å².